The number of nitrogens with two attached hydrogens (primary N) is 1. The van der Waals surface area contributed by atoms with Crippen molar-refractivity contribution >= 4 is 0 Å². The van der Waals surface area contributed by atoms with Gasteiger partial charge in [0.2, 0.25) is 0 Å². The van der Waals surface area contributed by atoms with Gasteiger partial charge in [-0.15, -0.1) is 0 Å². The molecule has 0 amide bonds. The fourth-order valence-corrected chi connectivity index (χ4v) is 3.29. The highest BCUT2D eigenvalue weighted by atomic mass is 15.0. The first-order valence-electron chi connectivity index (χ1n) is 11.4. The predicted octanol–water partition coefficient (Wildman–Crippen LogP) is 7.44. The third-order valence-electron chi connectivity index (χ3n) is 4.95. The molecule has 150 valence electrons. The summed E-state index contributed by atoms with van der Waals surface area (Å²) >= 11 is 0. The summed E-state index contributed by atoms with van der Waals surface area (Å²) in [6, 6.07) is 0. The Bertz CT molecular complexity index is 261. The molecular formula is C23H48N2. The molecule has 3 N–H and O–H groups in total. The van der Waals surface area contributed by atoms with Crippen molar-refractivity contribution < 1.29 is 0 Å². The molecule has 0 aliphatic heterocycles. The Balaban J connectivity index is 3.02. The van der Waals surface area contributed by atoms with E-state index in [1.807, 2.05) is 13.1 Å². The monoisotopic (exact) mass is 352 g/mol. The minimum absolute atomic E-state index is 0.0619. The summed E-state index contributed by atoms with van der Waals surface area (Å²) in [5.41, 5.74) is 5.61. The minimum atomic E-state index is 0.0619. The molecule has 0 saturated heterocycles. The molecule has 0 rings (SSSR count). The standard InChI is InChI=1S/C23H48N2/c1-3-4-5-6-7-8-9-10-11-12-13-14-15-16-17-18-19-20-21-22-25-23(2)24/h21-23,25H,3-20,24H2,1-2H3. The quantitative estimate of drug-likeness (QED) is 0.176. The second-order valence-electron chi connectivity index (χ2n) is 7.80. The van der Waals surface area contributed by atoms with Crippen molar-refractivity contribution in [2.24, 2.45) is 5.73 Å². The van der Waals surface area contributed by atoms with Crippen LogP contribution in [0.15, 0.2) is 12.3 Å². The van der Waals surface area contributed by atoms with Crippen LogP contribution in [0.4, 0.5) is 0 Å². The van der Waals surface area contributed by atoms with E-state index < -0.39 is 0 Å². The Labute approximate surface area is 159 Å². The topological polar surface area (TPSA) is 38.0 Å². The predicted molar refractivity (Wildman–Crippen MR) is 115 cm³/mol. The van der Waals surface area contributed by atoms with E-state index >= 15 is 0 Å². The summed E-state index contributed by atoms with van der Waals surface area (Å²) in [7, 11) is 0. The third kappa shape index (κ3) is 23.5. The molecule has 25 heavy (non-hydrogen) atoms. The lowest BCUT2D eigenvalue weighted by atomic mass is 10.0. The van der Waals surface area contributed by atoms with Gasteiger partial charge in [-0.25, -0.2) is 0 Å². The first-order chi connectivity index (χ1) is 12.3. The van der Waals surface area contributed by atoms with Crippen LogP contribution in [-0.4, -0.2) is 6.17 Å². The van der Waals surface area contributed by atoms with E-state index in [9.17, 15) is 0 Å². The normalized spacial score (nSPS) is 12.8. The molecule has 0 fully saturated rings. The lowest BCUT2D eigenvalue weighted by Crippen LogP contribution is -2.29. The molecule has 0 spiro atoms. The summed E-state index contributed by atoms with van der Waals surface area (Å²) in [6.45, 7) is 4.25. The molecule has 0 heterocycles. The Hall–Kier alpha value is -0.500. The van der Waals surface area contributed by atoms with Gasteiger partial charge in [0, 0.05) is 0 Å². The zero-order valence-corrected chi connectivity index (χ0v) is 17.5. The molecule has 2 heteroatoms. The number of hydrogen-bond acceptors (Lipinski definition) is 2. The van der Waals surface area contributed by atoms with Crippen molar-refractivity contribution in [3.05, 3.63) is 12.3 Å². The number of hydrogen-bond donors (Lipinski definition) is 2. The van der Waals surface area contributed by atoms with Crippen molar-refractivity contribution in [1.29, 1.82) is 0 Å². The second-order valence-corrected chi connectivity index (χ2v) is 7.80. The van der Waals surface area contributed by atoms with Crippen LogP contribution in [0.1, 0.15) is 129 Å². The fraction of sp³-hybridized carbons (Fsp3) is 0.913. The molecule has 0 aliphatic rings. The number of nitrogens with one attached hydrogen (secondary N) is 1. The molecule has 0 radical (unpaired) electrons. The average molecular weight is 353 g/mol. The van der Waals surface area contributed by atoms with E-state index in [4.69, 9.17) is 5.73 Å². The molecule has 0 aromatic rings. The summed E-state index contributed by atoms with van der Waals surface area (Å²) in [4.78, 5) is 0. The lowest BCUT2D eigenvalue weighted by Gasteiger charge is -2.04. The van der Waals surface area contributed by atoms with Gasteiger partial charge in [0.25, 0.3) is 0 Å². The Morgan fingerprint density at radius 1 is 0.640 bits per heavy atom. The zero-order valence-electron chi connectivity index (χ0n) is 17.5. The number of rotatable bonds is 20. The molecule has 0 bridgehead atoms. The van der Waals surface area contributed by atoms with Gasteiger partial charge in [-0.05, 0) is 26.0 Å². The molecule has 0 aliphatic carbocycles. The van der Waals surface area contributed by atoms with E-state index in [-0.39, 0.29) is 6.17 Å². The fourth-order valence-electron chi connectivity index (χ4n) is 3.29. The highest BCUT2D eigenvalue weighted by Crippen LogP contribution is 2.14. The van der Waals surface area contributed by atoms with Crippen LogP contribution >= 0.6 is 0 Å². The largest absolute Gasteiger partial charge is 0.376 e. The molecule has 0 aromatic heterocycles. The zero-order chi connectivity index (χ0) is 18.4. The summed E-state index contributed by atoms with van der Waals surface area (Å²) in [6.07, 6.45) is 29.9. The van der Waals surface area contributed by atoms with Crippen molar-refractivity contribution in [1.82, 2.24) is 5.32 Å². The average Bonchev–Trinajstić information content (AvgIpc) is 2.60. The van der Waals surface area contributed by atoms with Crippen molar-refractivity contribution in [3.8, 4) is 0 Å². The highest BCUT2D eigenvalue weighted by Gasteiger charge is 1.94. The van der Waals surface area contributed by atoms with Crippen LogP contribution in [0.5, 0.6) is 0 Å². The van der Waals surface area contributed by atoms with E-state index in [2.05, 4.69) is 18.3 Å². The van der Waals surface area contributed by atoms with Crippen LogP contribution < -0.4 is 11.1 Å². The van der Waals surface area contributed by atoms with Gasteiger partial charge in [0.15, 0.2) is 0 Å². The molecular weight excluding hydrogens is 304 g/mol. The first kappa shape index (κ1) is 24.5. The Morgan fingerprint density at radius 2 is 1.00 bits per heavy atom. The highest BCUT2D eigenvalue weighted by molar-refractivity contribution is 4.80. The SMILES string of the molecule is CCCCCCCCCCCCCCCCCCCC=CNC(C)N. The number of allylic oxidation sites excluding steroid dienone is 1. The first-order valence-corrected chi connectivity index (χ1v) is 11.4. The van der Waals surface area contributed by atoms with Crippen molar-refractivity contribution in [2.45, 2.75) is 136 Å². The molecule has 1 unspecified atom stereocenters. The molecule has 2 nitrogen and oxygen atoms in total. The van der Waals surface area contributed by atoms with E-state index in [0.29, 0.717) is 0 Å². The van der Waals surface area contributed by atoms with Crippen LogP contribution in [0.25, 0.3) is 0 Å². The Kier molecular flexibility index (Phi) is 21.1. The van der Waals surface area contributed by atoms with E-state index in [1.54, 1.807) is 0 Å². The molecule has 1 atom stereocenters. The van der Waals surface area contributed by atoms with Gasteiger partial charge in [-0.3, -0.25) is 0 Å². The Morgan fingerprint density at radius 3 is 1.36 bits per heavy atom. The molecule has 0 saturated carbocycles. The lowest BCUT2D eigenvalue weighted by molar-refractivity contribution is 0.527. The maximum atomic E-state index is 5.61. The van der Waals surface area contributed by atoms with Gasteiger partial charge in [-0.1, -0.05) is 116 Å². The van der Waals surface area contributed by atoms with Crippen molar-refractivity contribution in [2.75, 3.05) is 0 Å². The van der Waals surface area contributed by atoms with Gasteiger partial charge >= 0.3 is 0 Å². The van der Waals surface area contributed by atoms with Crippen molar-refractivity contribution in [3.63, 3.8) is 0 Å². The van der Waals surface area contributed by atoms with Gasteiger partial charge in [0.1, 0.15) is 0 Å². The molecule has 0 aromatic carbocycles. The number of unbranched alkanes of at least 4 members (excludes halogenated alkanes) is 17. The van der Waals surface area contributed by atoms with Crippen LogP contribution in [0.3, 0.4) is 0 Å². The third-order valence-corrected chi connectivity index (χ3v) is 4.95. The van der Waals surface area contributed by atoms with Gasteiger partial charge < -0.3 is 11.1 Å². The van der Waals surface area contributed by atoms with Crippen LogP contribution in [0, 0.1) is 0 Å². The van der Waals surface area contributed by atoms with E-state index in [0.717, 1.165) is 0 Å². The minimum Gasteiger partial charge on any atom is -0.376 e. The maximum absolute atomic E-state index is 5.61. The van der Waals surface area contributed by atoms with E-state index in [1.165, 1.54) is 116 Å². The van der Waals surface area contributed by atoms with Crippen LogP contribution in [-0.2, 0) is 0 Å². The van der Waals surface area contributed by atoms with Gasteiger partial charge in [-0.2, -0.15) is 0 Å². The summed E-state index contributed by atoms with van der Waals surface area (Å²) in [5.74, 6) is 0. The smallest absolute Gasteiger partial charge is 0.0709 e. The van der Waals surface area contributed by atoms with Crippen LogP contribution in [0.2, 0.25) is 0 Å². The second kappa shape index (κ2) is 21.5. The maximum Gasteiger partial charge on any atom is 0.0709 e. The summed E-state index contributed by atoms with van der Waals surface area (Å²) < 4.78 is 0. The van der Waals surface area contributed by atoms with Gasteiger partial charge in [0.05, 0.1) is 6.17 Å². The summed E-state index contributed by atoms with van der Waals surface area (Å²) in [5, 5.41) is 3.10.